The number of carbonyl (C=O) groups is 1. The first-order valence-electron chi connectivity index (χ1n) is 4.40. The summed E-state index contributed by atoms with van der Waals surface area (Å²) in [6.07, 6.45) is 3.87. The molecule has 2 heteroatoms. The molecule has 0 saturated heterocycles. The van der Waals surface area contributed by atoms with Crippen molar-refractivity contribution in [3.8, 4) is 0 Å². The highest BCUT2D eigenvalue weighted by molar-refractivity contribution is 5.94. The van der Waals surface area contributed by atoms with Gasteiger partial charge in [-0.25, -0.2) is 0 Å². The average Bonchev–Trinajstić information content (AvgIpc) is 2.46. The lowest BCUT2D eigenvalue weighted by molar-refractivity contribution is 0.101. The fourth-order valence-corrected chi connectivity index (χ4v) is 1.53. The van der Waals surface area contributed by atoms with E-state index in [4.69, 9.17) is 0 Å². The van der Waals surface area contributed by atoms with Crippen LogP contribution in [0, 0.1) is 0 Å². The van der Waals surface area contributed by atoms with Gasteiger partial charge in [-0.05, 0) is 24.0 Å². The number of ketones is 1. The van der Waals surface area contributed by atoms with Gasteiger partial charge in [-0.1, -0.05) is 13.8 Å². The van der Waals surface area contributed by atoms with Gasteiger partial charge in [0, 0.05) is 13.1 Å². The molecule has 0 bridgehead atoms. The molecule has 1 aromatic rings. The highest BCUT2D eigenvalue weighted by Crippen LogP contribution is 2.15. The van der Waals surface area contributed by atoms with Crippen molar-refractivity contribution in [3.05, 3.63) is 23.0 Å². The smallest absolute Gasteiger partial charge is 0.176 e. The van der Waals surface area contributed by atoms with Gasteiger partial charge in [0.15, 0.2) is 5.78 Å². The molecular formula is C10H15NO. The van der Waals surface area contributed by atoms with Gasteiger partial charge in [-0.3, -0.25) is 4.79 Å². The van der Waals surface area contributed by atoms with E-state index >= 15 is 0 Å². The largest absolute Gasteiger partial charge is 0.358 e. The lowest BCUT2D eigenvalue weighted by atomic mass is 10.0. The molecule has 2 nitrogen and oxygen atoms in total. The highest BCUT2D eigenvalue weighted by atomic mass is 16.1. The Kier molecular flexibility index (Phi) is 2.69. The van der Waals surface area contributed by atoms with Crippen molar-refractivity contribution < 1.29 is 4.79 Å². The van der Waals surface area contributed by atoms with E-state index in [-0.39, 0.29) is 5.78 Å². The second-order valence-electron chi connectivity index (χ2n) is 2.93. The van der Waals surface area contributed by atoms with Crippen molar-refractivity contribution in [3.63, 3.8) is 0 Å². The topological polar surface area (TPSA) is 32.9 Å². The minimum atomic E-state index is 0.131. The van der Waals surface area contributed by atoms with Crippen LogP contribution < -0.4 is 0 Å². The Balaban J connectivity index is 3.13. The molecule has 66 valence electrons. The first-order chi connectivity index (χ1) is 5.70. The average molecular weight is 165 g/mol. The quantitative estimate of drug-likeness (QED) is 0.685. The van der Waals surface area contributed by atoms with Crippen molar-refractivity contribution in [1.29, 1.82) is 0 Å². The number of carbonyl (C=O) groups excluding carboxylic acids is 1. The molecule has 0 atom stereocenters. The third-order valence-electron chi connectivity index (χ3n) is 2.17. The van der Waals surface area contributed by atoms with Crippen molar-refractivity contribution in [2.45, 2.75) is 33.6 Å². The van der Waals surface area contributed by atoms with Gasteiger partial charge < -0.3 is 4.98 Å². The number of H-pyrrole nitrogens is 1. The van der Waals surface area contributed by atoms with Gasteiger partial charge in [0.2, 0.25) is 0 Å². The van der Waals surface area contributed by atoms with Gasteiger partial charge >= 0.3 is 0 Å². The minimum absolute atomic E-state index is 0.131. The molecule has 0 aromatic carbocycles. The molecule has 0 unspecified atom stereocenters. The molecule has 1 heterocycles. The third kappa shape index (κ3) is 1.42. The zero-order valence-corrected chi connectivity index (χ0v) is 7.90. The number of nitrogens with one attached hydrogen (secondary N) is 1. The van der Waals surface area contributed by atoms with Crippen molar-refractivity contribution >= 4 is 5.78 Å². The Morgan fingerprint density at radius 1 is 1.42 bits per heavy atom. The number of hydrogen-bond donors (Lipinski definition) is 1. The second-order valence-corrected chi connectivity index (χ2v) is 2.93. The molecule has 0 spiro atoms. The number of Topliss-reactive ketones (excluding diaryl/α,β-unsaturated/α-hetero) is 1. The first kappa shape index (κ1) is 9.04. The fourth-order valence-electron chi connectivity index (χ4n) is 1.53. The molecule has 12 heavy (non-hydrogen) atoms. The number of aromatic amines is 1. The summed E-state index contributed by atoms with van der Waals surface area (Å²) in [5, 5.41) is 0. The van der Waals surface area contributed by atoms with Crippen molar-refractivity contribution in [2.24, 2.45) is 0 Å². The lowest BCUT2D eigenvalue weighted by Gasteiger charge is -1.99. The third-order valence-corrected chi connectivity index (χ3v) is 2.17. The highest BCUT2D eigenvalue weighted by Gasteiger charge is 2.10. The number of hydrogen-bond acceptors (Lipinski definition) is 1. The molecule has 0 amide bonds. The molecule has 0 aliphatic carbocycles. The summed E-state index contributed by atoms with van der Waals surface area (Å²) in [7, 11) is 0. The number of rotatable bonds is 3. The molecule has 0 aliphatic rings. The van der Waals surface area contributed by atoms with Crippen LogP contribution in [0.15, 0.2) is 6.20 Å². The standard InChI is InChI=1S/C10H15NO/c1-4-8-6-11-10(7(3)12)9(8)5-2/h6,11H,4-5H2,1-3H3. The monoisotopic (exact) mass is 165 g/mol. The molecule has 0 radical (unpaired) electrons. The van der Waals surface area contributed by atoms with E-state index in [1.165, 1.54) is 11.1 Å². The summed E-state index contributed by atoms with van der Waals surface area (Å²) in [5.41, 5.74) is 3.24. The molecule has 1 aromatic heterocycles. The first-order valence-corrected chi connectivity index (χ1v) is 4.40. The Hall–Kier alpha value is -1.05. The lowest BCUT2D eigenvalue weighted by Crippen LogP contribution is -1.98. The Labute approximate surface area is 73.0 Å². The maximum absolute atomic E-state index is 11.1. The van der Waals surface area contributed by atoms with Gasteiger partial charge in [0.05, 0.1) is 5.69 Å². The van der Waals surface area contributed by atoms with Crippen LogP contribution in [0.4, 0.5) is 0 Å². The van der Waals surface area contributed by atoms with Crippen LogP contribution in [0.3, 0.4) is 0 Å². The molecule has 1 rings (SSSR count). The van der Waals surface area contributed by atoms with E-state index in [0.717, 1.165) is 18.5 Å². The normalized spacial score (nSPS) is 10.2. The van der Waals surface area contributed by atoms with Gasteiger partial charge in [0.25, 0.3) is 0 Å². The summed E-state index contributed by atoms with van der Waals surface area (Å²) in [6.45, 7) is 5.78. The summed E-state index contributed by atoms with van der Waals surface area (Å²) in [4.78, 5) is 14.1. The SMILES string of the molecule is CCc1c[nH]c(C(C)=O)c1CC. The minimum Gasteiger partial charge on any atom is -0.358 e. The fraction of sp³-hybridized carbons (Fsp3) is 0.500. The number of aromatic nitrogens is 1. The van der Waals surface area contributed by atoms with Crippen molar-refractivity contribution in [2.75, 3.05) is 0 Å². The number of aryl methyl sites for hydroxylation is 1. The predicted molar refractivity (Wildman–Crippen MR) is 49.6 cm³/mol. The molecule has 0 aliphatic heterocycles. The van der Waals surface area contributed by atoms with Crippen LogP contribution >= 0.6 is 0 Å². The van der Waals surface area contributed by atoms with E-state index in [1.807, 2.05) is 6.20 Å². The molecule has 0 fully saturated rings. The zero-order valence-electron chi connectivity index (χ0n) is 7.90. The van der Waals surface area contributed by atoms with Crippen LogP contribution in [-0.4, -0.2) is 10.8 Å². The summed E-state index contributed by atoms with van der Waals surface area (Å²) >= 11 is 0. The maximum Gasteiger partial charge on any atom is 0.176 e. The zero-order chi connectivity index (χ0) is 9.14. The van der Waals surface area contributed by atoms with Gasteiger partial charge in [0.1, 0.15) is 0 Å². The van der Waals surface area contributed by atoms with Crippen molar-refractivity contribution in [1.82, 2.24) is 4.98 Å². The molecule has 0 saturated carbocycles. The van der Waals surface area contributed by atoms with E-state index in [1.54, 1.807) is 6.92 Å². The summed E-state index contributed by atoms with van der Waals surface area (Å²) < 4.78 is 0. The Morgan fingerprint density at radius 3 is 2.50 bits per heavy atom. The summed E-state index contributed by atoms with van der Waals surface area (Å²) in [5.74, 6) is 0.131. The van der Waals surface area contributed by atoms with Crippen LogP contribution in [0.1, 0.15) is 42.4 Å². The van der Waals surface area contributed by atoms with Crippen LogP contribution in [-0.2, 0) is 12.8 Å². The van der Waals surface area contributed by atoms with E-state index in [0.29, 0.717) is 0 Å². The van der Waals surface area contributed by atoms with E-state index < -0.39 is 0 Å². The van der Waals surface area contributed by atoms with E-state index in [2.05, 4.69) is 18.8 Å². The Morgan fingerprint density at radius 2 is 2.08 bits per heavy atom. The Bertz CT molecular complexity index is 286. The van der Waals surface area contributed by atoms with Gasteiger partial charge in [-0.2, -0.15) is 0 Å². The van der Waals surface area contributed by atoms with Crippen LogP contribution in [0.2, 0.25) is 0 Å². The maximum atomic E-state index is 11.1. The molecule has 1 N–H and O–H groups in total. The van der Waals surface area contributed by atoms with Gasteiger partial charge in [-0.15, -0.1) is 0 Å². The summed E-state index contributed by atoms with van der Waals surface area (Å²) in [6, 6.07) is 0. The molecular weight excluding hydrogens is 150 g/mol. The second kappa shape index (κ2) is 3.57. The van der Waals surface area contributed by atoms with E-state index in [9.17, 15) is 4.79 Å². The predicted octanol–water partition coefficient (Wildman–Crippen LogP) is 2.34. The van der Waals surface area contributed by atoms with Crippen LogP contribution in [0.5, 0.6) is 0 Å². The van der Waals surface area contributed by atoms with Crippen LogP contribution in [0.25, 0.3) is 0 Å².